The first-order valence-corrected chi connectivity index (χ1v) is 5.33. The molecular weight excluding hydrogens is 192 g/mol. The summed E-state index contributed by atoms with van der Waals surface area (Å²) >= 11 is 6.05. The van der Waals surface area contributed by atoms with Crippen molar-refractivity contribution in [1.82, 2.24) is 0 Å². The Hall–Kier alpha value is -0.930. The molecule has 0 aliphatic rings. The fraction of sp³-hybridized carbons (Fsp3) is 0.385. The third kappa shape index (κ3) is 3.44. The Morgan fingerprint density at radius 3 is 2.71 bits per heavy atom. The minimum atomic E-state index is 0.384. The van der Waals surface area contributed by atoms with Crippen LogP contribution in [0.2, 0.25) is 5.02 Å². The standard InChI is InChI=1S/C13H15Cl/c1-3-4-7-11(2)10-12-8-5-6-9-13(12)14/h5-6,8-9,11H,3,10H2,1-2H3. The largest absolute Gasteiger partial charge is 0.103 e. The van der Waals surface area contributed by atoms with Crippen molar-refractivity contribution >= 4 is 11.6 Å². The van der Waals surface area contributed by atoms with Gasteiger partial charge in [-0.05, 0) is 18.1 Å². The lowest BCUT2D eigenvalue weighted by atomic mass is 10.0. The molecule has 74 valence electrons. The molecule has 14 heavy (non-hydrogen) atoms. The van der Waals surface area contributed by atoms with E-state index in [9.17, 15) is 0 Å². The molecule has 0 saturated heterocycles. The summed E-state index contributed by atoms with van der Waals surface area (Å²) in [5.74, 6) is 6.68. The second-order valence-corrected chi connectivity index (χ2v) is 3.78. The number of hydrogen-bond acceptors (Lipinski definition) is 0. The highest BCUT2D eigenvalue weighted by molar-refractivity contribution is 6.31. The molecule has 0 aromatic heterocycles. The van der Waals surface area contributed by atoms with E-state index in [0.717, 1.165) is 17.9 Å². The number of rotatable bonds is 2. The zero-order valence-corrected chi connectivity index (χ0v) is 9.43. The molecule has 1 atom stereocenters. The van der Waals surface area contributed by atoms with E-state index in [1.165, 1.54) is 5.56 Å². The summed E-state index contributed by atoms with van der Waals surface area (Å²) < 4.78 is 0. The maximum atomic E-state index is 6.05. The molecule has 0 amide bonds. The van der Waals surface area contributed by atoms with Crippen molar-refractivity contribution in [3.8, 4) is 11.8 Å². The van der Waals surface area contributed by atoms with E-state index in [0.29, 0.717) is 5.92 Å². The Morgan fingerprint density at radius 1 is 1.36 bits per heavy atom. The lowest BCUT2D eigenvalue weighted by Gasteiger charge is -2.05. The summed E-state index contributed by atoms with van der Waals surface area (Å²) in [6.45, 7) is 4.20. The van der Waals surface area contributed by atoms with Crippen LogP contribution in [0.3, 0.4) is 0 Å². The van der Waals surface area contributed by atoms with Gasteiger partial charge in [-0.2, -0.15) is 0 Å². The summed E-state index contributed by atoms with van der Waals surface area (Å²) in [6, 6.07) is 7.96. The molecule has 0 bridgehead atoms. The number of hydrogen-bond donors (Lipinski definition) is 0. The fourth-order valence-corrected chi connectivity index (χ4v) is 1.53. The first kappa shape index (κ1) is 11.1. The molecule has 0 heterocycles. The van der Waals surface area contributed by atoms with Crippen LogP contribution in [0.25, 0.3) is 0 Å². The van der Waals surface area contributed by atoms with Crippen molar-refractivity contribution in [1.29, 1.82) is 0 Å². The highest BCUT2D eigenvalue weighted by Gasteiger charge is 2.02. The molecule has 1 rings (SSSR count). The number of halogens is 1. The summed E-state index contributed by atoms with van der Waals surface area (Å²) in [4.78, 5) is 0. The van der Waals surface area contributed by atoms with Gasteiger partial charge in [0.15, 0.2) is 0 Å². The molecule has 0 fully saturated rings. The summed E-state index contributed by atoms with van der Waals surface area (Å²) in [7, 11) is 0. The molecule has 0 saturated carbocycles. The van der Waals surface area contributed by atoms with Gasteiger partial charge in [0.2, 0.25) is 0 Å². The van der Waals surface area contributed by atoms with Crippen LogP contribution in [-0.2, 0) is 6.42 Å². The van der Waals surface area contributed by atoms with Crippen molar-refractivity contribution in [3.63, 3.8) is 0 Å². The van der Waals surface area contributed by atoms with Crippen LogP contribution in [-0.4, -0.2) is 0 Å². The second kappa shape index (κ2) is 5.73. The molecule has 0 nitrogen and oxygen atoms in total. The van der Waals surface area contributed by atoms with Crippen LogP contribution in [0.1, 0.15) is 25.8 Å². The Labute approximate surface area is 91.3 Å². The van der Waals surface area contributed by atoms with Gasteiger partial charge in [0, 0.05) is 17.4 Å². The third-order valence-corrected chi connectivity index (χ3v) is 2.38. The van der Waals surface area contributed by atoms with Gasteiger partial charge in [-0.15, -0.1) is 5.92 Å². The number of benzene rings is 1. The van der Waals surface area contributed by atoms with E-state index in [2.05, 4.69) is 31.8 Å². The molecule has 0 aliphatic carbocycles. The van der Waals surface area contributed by atoms with E-state index >= 15 is 0 Å². The molecule has 0 N–H and O–H groups in total. The highest BCUT2D eigenvalue weighted by Crippen LogP contribution is 2.18. The van der Waals surface area contributed by atoms with E-state index < -0.39 is 0 Å². The van der Waals surface area contributed by atoms with E-state index in [1.54, 1.807) is 0 Å². The molecule has 0 aliphatic heterocycles. The molecule has 0 spiro atoms. The van der Waals surface area contributed by atoms with Gasteiger partial charge in [0.1, 0.15) is 0 Å². The third-order valence-electron chi connectivity index (χ3n) is 2.01. The van der Waals surface area contributed by atoms with Gasteiger partial charge >= 0.3 is 0 Å². The van der Waals surface area contributed by atoms with Crippen LogP contribution in [0.4, 0.5) is 0 Å². The first-order valence-electron chi connectivity index (χ1n) is 4.95. The minimum Gasteiger partial charge on any atom is -0.103 e. The Balaban J connectivity index is 2.65. The van der Waals surface area contributed by atoms with Crippen LogP contribution < -0.4 is 0 Å². The minimum absolute atomic E-state index is 0.384. The van der Waals surface area contributed by atoms with Crippen LogP contribution >= 0.6 is 11.6 Å². The Bertz CT molecular complexity index is 344. The predicted molar refractivity (Wildman–Crippen MR) is 62.4 cm³/mol. The molecule has 1 aromatic carbocycles. The van der Waals surface area contributed by atoms with E-state index in [1.807, 2.05) is 18.2 Å². The second-order valence-electron chi connectivity index (χ2n) is 3.37. The lowest BCUT2D eigenvalue weighted by Crippen LogP contribution is -1.96. The van der Waals surface area contributed by atoms with Crippen molar-refractivity contribution < 1.29 is 0 Å². The topological polar surface area (TPSA) is 0 Å². The monoisotopic (exact) mass is 206 g/mol. The van der Waals surface area contributed by atoms with Crippen molar-refractivity contribution in [2.75, 3.05) is 0 Å². The van der Waals surface area contributed by atoms with Gasteiger partial charge < -0.3 is 0 Å². The van der Waals surface area contributed by atoms with Gasteiger partial charge in [0.05, 0.1) is 0 Å². The Kier molecular flexibility index (Phi) is 4.56. The predicted octanol–water partition coefficient (Wildman–Crippen LogP) is 3.93. The molecular formula is C13H15Cl. The van der Waals surface area contributed by atoms with E-state index in [4.69, 9.17) is 11.6 Å². The van der Waals surface area contributed by atoms with Gasteiger partial charge in [-0.1, -0.05) is 49.6 Å². The van der Waals surface area contributed by atoms with Crippen molar-refractivity contribution in [2.45, 2.75) is 26.7 Å². The summed E-state index contributed by atoms with van der Waals surface area (Å²) in [5.41, 5.74) is 1.19. The normalized spacial score (nSPS) is 11.6. The van der Waals surface area contributed by atoms with Crippen LogP contribution in [0.15, 0.2) is 24.3 Å². The summed E-state index contributed by atoms with van der Waals surface area (Å²) in [5, 5.41) is 0.845. The maximum absolute atomic E-state index is 6.05. The molecule has 1 unspecified atom stereocenters. The van der Waals surface area contributed by atoms with Crippen molar-refractivity contribution in [2.24, 2.45) is 5.92 Å². The van der Waals surface area contributed by atoms with Gasteiger partial charge in [-0.3, -0.25) is 0 Å². The SMILES string of the molecule is CCC#CC(C)Cc1ccccc1Cl. The van der Waals surface area contributed by atoms with Crippen LogP contribution in [0.5, 0.6) is 0 Å². The first-order chi connectivity index (χ1) is 6.74. The van der Waals surface area contributed by atoms with Gasteiger partial charge in [0.25, 0.3) is 0 Å². The van der Waals surface area contributed by atoms with Crippen LogP contribution in [0, 0.1) is 17.8 Å². The summed E-state index contributed by atoms with van der Waals surface area (Å²) in [6.07, 6.45) is 1.86. The van der Waals surface area contributed by atoms with E-state index in [-0.39, 0.29) is 0 Å². The lowest BCUT2D eigenvalue weighted by molar-refractivity contribution is 0.749. The van der Waals surface area contributed by atoms with Gasteiger partial charge in [-0.25, -0.2) is 0 Å². The maximum Gasteiger partial charge on any atom is 0.0438 e. The fourth-order valence-electron chi connectivity index (χ4n) is 1.32. The van der Waals surface area contributed by atoms with Crippen molar-refractivity contribution in [3.05, 3.63) is 34.9 Å². The molecule has 1 aromatic rings. The quantitative estimate of drug-likeness (QED) is 0.644. The molecule has 1 heteroatoms. The average molecular weight is 207 g/mol. The zero-order chi connectivity index (χ0) is 10.4. The molecule has 0 radical (unpaired) electrons. The Morgan fingerprint density at radius 2 is 2.07 bits per heavy atom. The average Bonchev–Trinajstić information content (AvgIpc) is 2.18. The highest BCUT2D eigenvalue weighted by atomic mass is 35.5. The smallest absolute Gasteiger partial charge is 0.0438 e. The zero-order valence-electron chi connectivity index (χ0n) is 8.68.